The highest BCUT2D eigenvalue weighted by Crippen LogP contribution is 2.13. The second-order valence-electron chi connectivity index (χ2n) is 3.24. The molecule has 1 unspecified atom stereocenters. The van der Waals surface area contributed by atoms with E-state index in [0.29, 0.717) is 0 Å². The number of carbonyl (C=O) groups excluding carboxylic acids is 1. The number of rotatable bonds is 4. The van der Waals surface area contributed by atoms with Gasteiger partial charge in [0.2, 0.25) is 5.91 Å². The van der Waals surface area contributed by atoms with Crippen molar-refractivity contribution in [3.05, 3.63) is 11.8 Å². The molecule has 1 amide bonds. The zero-order valence-electron chi connectivity index (χ0n) is 8.84. The van der Waals surface area contributed by atoms with E-state index < -0.39 is 11.9 Å². The lowest BCUT2D eigenvalue weighted by atomic mass is 10.3. The van der Waals surface area contributed by atoms with E-state index in [-0.39, 0.29) is 24.5 Å². The zero-order chi connectivity index (χ0) is 12.1. The van der Waals surface area contributed by atoms with Crippen LogP contribution in [0.4, 0.5) is 5.82 Å². The van der Waals surface area contributed by atoms with Gasteiger partial charge in [-0.2, -0.15) is 10.4 Å². The van der Waals surface area contributed by atoms with E-state index in [1.165, 1.54) is 17.8 Å². The van der Waals surface area contributed by atoms with E-state index in [0.717, 1.165) is 0 Å². The number of carbonyl (C=O) groups is 1. The fourth-order valence-corrected chi connectivity index (χ4v) is 1.09. The van der Waals surface area contributed by atoms with Gasteiger partial charge in [0, 0.05) is 0 Å². The van der Waals surface area contributed by atoms with Crippen molar-refractivity contribution < 1.29 is 9.90 Å². The van der Waals surface area contributed by atoms with Gasteiger partial charge < -0.3 is 16.2 Å². The standard InChI is InChI=1S/C9H13N5O2/c1-6(11)9(16)13-8-7(4-10)5-12-14(8)2-3-15/h5-6,15H,2-3,11H2,1H3,(H,13,16). The summed E-state index contributed by atoms with van der Waals surface area (Å²) in [5, 5.41) is 24.0. The molecular formula is C9H13N5O2. The number of nitrogens with two attached hydrogens (primary N) is 1. The summed E-state index contributed by atoms with van der Waals surface area (Å²) in [4.78, 5) is 11.4. The third-order valence-corrected chi connectivity index (χ3v) is 1.93. The van der Waals surface area contributed by atoms with Crippen molar-refractivity contribution in [3.63, 3.8) is 0 Å². The molecule has 86 valence electrons. The fraction of sp³-hybridized carbons (Fsp3) is 0.444. The highest BCUT2D eigenvalue weighted by Gasteiger charge is 2.15. The summed E-state index contributed by atoms with van der Waals surface area (Å²) in [6.07, 6.45) is 1.33. The molecule has 0 aliphatic carbocycles. The molecule has 0 saturated heterocycles. The Morgan fingerprint density at radius 3 is 3.06 bits per heavy atom. The van der Waals surface area contributed by atoms with Gasteiger partial charge in [-0.3, -0.25) is 4.79 Å². The minimum Gasteiger partial charge on any atom is -0.394 e. The van der Waals surface area contributed by atoms with E-state index in [1.54, 1.807) is 0 Å². The van der Waals surface area contributed by atoms with Crippen LogP contribution in [0.1, 0.15) is 12.5 Å². The molecule has 0 aromatic carbocycles. The van der Waals surface area contributed by atoms with E-state index in [4.69, 9.17) is 16.1 Å². The maximum Gasteiger partial charge on any atom is 0.242 e. The average Bonchev–Trinajstić information content (AvgIpc) is 2.61. The molecule has 1 heterocycles. The Bertz CT molecular complexity index is 418. The minimum atomic E-state index is -0.677. The van der Waals surface area contributed by atoms with Gasteiger partial charge in [0.25, 0.3) is 0 Å². The number of anilines is 1. The second kappa shape index (κ2) is 5.25. The predicted molar refractivity (Wildman–Crippen MR) is 56.3 cm³/mol. The summed E-state index contributed by atoms with van der Waals surface area (Å²) in [6.45, 7) is 1.61. The van der Waals surface area contributed by atoms with Crippen LogP contribution in [0.25, 0.3) is 0 Å². The lowest BCUT2D eigenvalue weighted by Crippen LogP contribution is -2.33. The van der Waals surface area contributed by atoms with Crippen molar-refractivity contribution >= 4 is 11.7 Å². The first-order chi connectivity index (χ1) is 7.60. The van der Waals surface area contributed by atoms with Gasteiger partial charge in [0.15, 0.2) is 0 Å². The monoisotopic (exact) mass is 223 g/mol. The molecule has 1 atom stereocenters. The highest BCUT2D eigenvalue weighted by atomic mass is 16.3. The van der Waals surface area contributed by atoms with E-state index in [2.05, 4.69) is 10.4 Å². The van der Waals surface area contributed by atoms with Crippen LogP contribution in [0.3, 0.4) is 0 Å². The van der Waals surface area contributed by atoms with Crippen LogP contribution in [-0.4, -0.2) is 33.4 Å². The van der Waals surface area contributed by atoms with Crippen LogP contribution in [0, 0.1) is 11.3 Å². The summed E-state index contributed by atoms with van der Waals surface area (Å²) in [7, 11) is 0. The van der Waals surface area contributed by atoms with Gasteiger partial charge in [0.05, 0.1) is 25.4 Å². The van der Waals surface area contributed by atoms with Crippen molar-refractivity contribution in [3.8, 4) is 6.07 Å². The quantitative estimate of drug-likeness (QED) is 0.607. The Labute approximate surface area is 92.5 Å². The summed E-state index contributed by atoms with van der Waals surface area (Å²) in [5.74, 6) is -0.143. The number of hydrogen-bond acceptors (Lipinski definition) is 5. The topological polar surface area (TPSA) is 117 Å². The average molecular weight is 223 g/mol. The number of nitrogens with one attached hydrogen (secondary N) is 1. The van der Waals surface area contributed by atoms with Gasteiger partial charge in [-0.1, -0.05) is 0 Å². The van der Waals surface area contributed by atoms with E-state index >= 15 is 0 Å². The number of amides is 1. The van der Waals surface area contributed by atoms with Crippen molar-refractivity contribution in [2.75, 3.05) is 11.9 Å². The lowest BCUT2D eigenvalue weighted by Gasteiger charge is -2.09. The molecule has 0 bridgehead atoms. The molecule has 16 heavy (non-hydrogen) atoms. The number of hydrogen-bond donors (Lipinski definition) is 3. The highest BCUT2D eigenvalue weighted by molar-refractivity contribution is 5.94. The molecule has 4 N–H and O–H groups in total. The molecule has 0 aliphatic heterocycles. The summed E-state index contributed by atoms with van der Waals surface area (Å²) >= 11 is 0. The summed E-state index contributed by atoms with van der Waals surface area (Å²) in [5.41, 5.74) is 5.63. The molecule has 7 heteroatoms. The molecule has 1 rings (SSSR count). The molecule has 0 aliphatic rings. The number of aliphatic hydroxyl groups is 1. The zero-order valence-corrected chi connectivity index (χ0v) is 8.84. The van der Waals surface area contributed by atoms with Crippen LogP contribution in [0.2, 0.25) is 0 Å². The predicted octanol–water partition coefficient (Wildman–Crippen LogP) is -0.967. The first kappa shape index (κ1) is 12.2. The van der Waals surface area contributed by atoms with Crippen LogP contribution in [-0.2, 0) is 11.3 Å². The largest absolute Gasteiger partial charge is 0.394 e. The Morgan fingerprint density at radius 2 is 2.56 bits per heavy atom. The number of aromatic nitrogens is 2. The van der Waals surface area contributed by atoms with Gasteiger partial charge in [0.1, 0.15) is 17.5 Å². The van der Waals surface area contributed by atoms with Crippen molar-refractivity contribution in [1.82, 2.24) is 9.78 Å². The first-order valence-electron chi connectivity index (χ1n) is 4.73. The number of nitriles is 1. The first-order valence-corrected chi connectivity index (χ1v) is 4.73. The Kier molecular flexibility index (Phi) is 3.99. The van der Waals surface area contributed by atoms with Crippen LogP contribution in [0.5, 0.6) is 0 Å². The smallest absolute Gasteiger partial charge is 0.242 e. The number of nitrogens with zero attached hydrogens (tertiary/aromatic N) is 3. The van der Waals surface area contributed by atoms with Gasteiger partial charge >= 0.3 is 0 Å². The SMILES string of the molecule is CC(N)C(=O)Nc1c(C#N)cnn1CCO. The summed E-state index contributed by atoms with van der Waals surface area (Å²) < 4.78 is 1.35. The van der Waals surface area contributed by atoms with Crippen LogP contribution >= 0.6 is 0 Å². The molecule has 0 spiro atoms. The van der Waals surface area contributed by atoms with Gasteiger partial charge in [-0.15, -0.1) is 0 Å². The fourth-order valence-electron chi connectivity index (χ4n) is 1.09. The molecule has 1 aromatic rings. The van der Waals surface area contributed by atoms with Crippen LogP contribution < -0.4 is 11.1 Å². The molecule has 0 fully saturated rings. The third kappa shape index (κ3) is 2.56. The van der Waals surface area contributed by atoms with Crippen molar-refractivity contribution in [1.29, 1.82) is 5.26 Å². The minimum absolute atomic E-state index is 0.131. The van der Waals surface area contributed by atoms with Crippen molar-refractivity contribution in [2.45, 2.75) is 19.5 Å². The number of aliphatic hydroxyl groups excluding tert-OH is 1. The molecule has 7 nitrogen and oxygen atoms in total. The Balaban J connectivity index is 2.96. The van der Waals surface area contributed by atoms with Crippen LogP contribution in [0.15, 0.2) is 6.20 Å². The molecule has 1 aromatic heterocycles. The normalized spacial score (nSPS) is 11.9. The maximum atomic E-state index is 11.4. The third-order valence-electron chi connectivity index (χ3n) is 1.93. The lowest BCUT2D eigenvalue weighted by molar-refractivity contribution is -0.117. The Hall–Kier alpha value is -1.91. The maximum absolute atomic E-state index is 11.4. The second-order valence-corrected chi connectivity index (χ2v) is 3.24. The van der Waals surface area contributed by atoms with E-state index in [1.807, 2.05) is 6.07 Å². The van der Waals surface area contributed by atoms with Crippen molar-refractivity contribution in [2.24, 2.45) is 5.73 Å². The molecular weight excluding hydrogens is 210 g/mol. The van der Waals surface area contributed by atoms with Gasteiger partial charge in [-0.25, -0.2) is 4.68 Å². The van der Waals surface area contributed by atoms with Gasteiger partial charge in [-0.05, 0) is 6.92 Å². The summed E-state index contributed by atoms with van der Waals surface area (Å²) in [6, 6.07) is 1.22. The van der Waals surface area contributed by atoms with E-state index in [9.17, 15) is 4.79 Å². The molecule has 0 saturated carbocycles. The Morgan fingerprint density at radius 1 is 1.88 bits per heavy atom. The molecule has 0 radical (unpaired) electrons.